The van der Waals surface area contributed by atoms with Crippen molar-refractivity contribution >= 4 is 17.5 Å². The van der Waals surface area contributed by atoms with E-state index in [0.717, 1.165) is 30.7 Å². The molecule has 1 N–H and O–H groups in total. The molecule has 0 radical (unpaired) electrons. The number of carbonyl (C=O) groups is 2. The van der Waals surface area contributed by atoms with Crippen LogP contribution in [0.1, 0.15) is 84.5 Å². The fourth-order valence-corrected chi connectivity index (χ4v) is 7.34. The monoisotopic (exact) mass is 618 g/mol. The van der Waals surface area contributed by atoms with Crippen molar-refractivity contribution in [1.29, 1.82) is 0 Å². The highest BCUT2D eigenvalue weighted by Crippen LogP contribution is 2.52. The summed E-state index contributed by atoms with van der Waals surface area (Å²) in [6, 6.07) is 9.89. The van der Waals surface area contributed by atoms with Gasteiger partial charge in [-0.05, 0) is 91.8 Å². The second-order valence-electron chi connectivity index (χ2n) is 12.8. The molecule has 1 aromatic heterocycles. The van der Waals surface area contributed by atoms with Crippen LogP contribution in [0.4, 0.5) is 18.9 Å². The molecule has 0 spiro atoms. The van der Waals surface area contributed by atoms with E-state index in [4.69, 9.17) is 0 Å². The summed E-state index contributed by atoms with van der Waals surface area (Å²) in [6.45, 7) is 7.13. The third-order valence-corrected chi connectivity index (χ3v) is 9.63. The van der Waals surface area contributed by atoms with E-state index in [1.165, 1.54) is 11.0 Å². The van der Waals surface area contributed by atoms with Crippen molar-refractivity contribution < 1.29 is 22.8 Å². The summed E-state index contributed by atoms with van der Waals surface area (Å²) in [4.78, 5) is 29.1. The number of benzene rings is 2. The molecule has 2 fully saturated rings. The predicted molar refractivity (Wildman–Crippen MR) is 163 cm³/mol. The predicted octanol–water partition coefficient (Wildman–Crippen LogP) is 5.23. The normalized spacial score (nSPS) is 23.4. The van der Waals surface area contributed by atoms with Crippen LogP contribution in [0.25, 0.3) is 0 Å². The topological polar surface area (TPSA) is 83.4 Å². The number of aryl methyl sites for hydroxylation is 1. The number of aromatic nitrogens is 3. The highest BCUT2D eigenvalue weighted by Gasteiger charge is 2.48. The molecule has 6 rings (SSSR count). The van der Waals surface area contributed by atoms with E-state index in [2.05, 4.69) is 34.3 Å². The van der Waals surface area contributed by atoms with E-state index >= 15 is 0 Å². The number of anilines is 1. The number of hydrogen-bond acceptors (Lipinski definition) is 5. The van der Waals surface area contributed by atoms with Crippen molar-refractivity contribution in [3.63, 3.8) is 0 Å². The minimum atomic E-state index is -4.62. The lowest BCUT2D eigenvalue weighted by molar-refractivity contribution is -0.138. The van der Waals surface area contributed by atoms with Gasteiger partial charge in [0.2, 0.25) is 0 Å². The van der Waals surface area contributed by atoms with Crippen LogP contribution in [0.2, 0.25) is 0 Å². The summed E-state index contributed by atoms with van der Waals surface area (Å²) in [5, 5.41) is 11.8. The Bertz CT molecular complexity index is 1700. The van der Waals surface area contributed by atoms with Crippen LogP contribution < -0.4 is 10.2 Å². The molecule has 2 atom stereocenters. The number of hydrogen-bond donors (Lipinski definition) is 1. The summed E-state index contributed by atoms with van der Waals surface area (Å²) in [6.07, 6.45) is -0.430. The number of rotatable bonds is 7. The highest BCUT2D eigenvalue weighted by atomic mass is 19.4. The minimum Gasteiger partial charge on any atom is -0.332 e. The van der Waals surface area contributed by atoms with E-state index in [1.54, 1.807) is 37.2 Å². The van der Waals surface area contributed by atoms with E-state index in [0.29, 0.717) is 36.8 Å². The van der Waals surface area contributed by atoms with Crippen molar-refractivity contribution in [2.45, 2.75) is 64.2 Å². The number of nitrogens with one attached hydrogen (secondary N) is 1. The van der Waals surface area contributed by atoms with E-state index < -0.39 is 23.7 Å². The first-order valence-corrected chi connectivity index (χ1v) is 15.4. The van der Waals surface area contributed by atoms with E-state index in [9.17, 15) is 22.8 Å². The van der Waals surface area contributed by atoms with E-state index in [1.807, 2.05) is 29.8 Å². The number of fused-ring (bicyclic) bond motifs is 1. The maximum absolute atomic E-state index is 14.4. The first-order chi connectivity index (χ1) is 21.4. The minimum absolute atomic E-state index is 0.00360. The number of halogens is 3. The smallest absolute Gasteiger partial charge is 0.332 e. The Morgan fingerprint density at radius 2 is 2.00 bits per heavy atom. The summed E-state index contributed by atoms with van der Waals surface area (Å²) in [7, 11) is 1.91. The molecule has 1 saturated heterocycles. The third-order valence-electron chi connectivity index (χ3n) is 9.63. The molecule has 45 heavy (non-hydrogen) atoms. The second kappa shape index (κ2) is 11.6. The molecule has 11 heteroatoms. The van der Waals surface area contributed by atoms with Gasteiger partial charge >= 0.3 is 6.18 Å². The Labute approximate surface area is 261 Å². The molecular weight excluding hydrogens is 581 g/mol. The summed E-state index contributed by atoms with van der Waals surface area (Å²) < 4.78 is 45.3. The number of carbonyl (C=O) groups excluding carboxylic acids is 2. The second-order valence-corrected chi connectivity index (χ2v) is 12.8. The fourth-order valence-electron chi connectivity index (χ4n) is 7.34. The van der Waals surface area contributed by atoms with Gasteiger partial charge in [0.1, 0.15) is 12.2 Å². The van der Waals surface area contributed by atoms with Gasteiger partial charge in [0.25, 0.3) is 11.8 Å². The van der Waals surface area contributed by atoms with Gasteiger partial charge in [0, 0.05) is 44.0 Å². The molecule has 8 nitrogen and oxygen atoms in total. The van der Waals surface area contributed by atoms with Gasteiger partial charge in [0.05, 0.1) is 17.5 Å². The van der Waals surface area contributed by atoms with Crippen LogP contribution >= 0.6 is 0 Å². The summed E-state index contributed by atoms with van der Waals surface area (Å²) in [5.74, 6) is 6.02. The molecule has 0 bridgehead atoms. The zero-order valence-electron chi connectivity index (χ0n) is 25.9. The molecule has 0 unspecified atom stereocenters. The number of amides is 2. The Morgan fingerprint density at radius 1 is 1.22 bits per heavy atom. The van der Waals surface area contributed by atoms with Crippen LogP contribution in [0.15, 0.2) is 42.7 Å². The van der Waals surface area contributed by atoms with Crippen LogP contribution in [0, 0.1) is 23.7 Å². The maximum atomic E-state index is 14.4. The molecule has 236 valence electrons. The van der Waals surface area contributed by atoms with Gasteiger partial charge in [-0.25, -0.2) is 0 Å². The van der Waals surface area contributed by atoms with Gasteiger partial charge in [-0.3, -0.25) is 9.59 Å². The maximum Gasteiger partial charge on any atom is 0.416 e. The van der Waals surface area contributed by atoms with Gasteiger partial charge in [-0.1, -0.05) is 25.0 Å². The Balaban J connectivity index is 1.25. The number of nitrogens with zero attached hydrogens (tertiary/aromatic N) is 5. The lowest BCUT2D eigenvalue weighted by Gasteiger charge is -2.46. The first kappa shape index (κ1) is 30.8. The third kappa shape index (κ3) is 5.61. The largest absolute Gasteiger partial charge is 0.416 e. The zero-order chi connectivity index (χ0) is 32.1. The van der Waals surface area contributed by atoms with E-state index in [-0.39, 0.29) is 34.9 Å². The molecule has 2 amide bonds. The molecule has 3 aliphatic rings. The lowest BCUT2D eigenvalue weighted by atomic mass is 9.58. The Kier molecular flexibility index (Phi) is 7.98. The van der Waals surface area contributed by atoms with Crippen LogP contribution in [-0.4, -0.2) is 51.1 Å². The summed E-state index contributed by atoms with van der Waals surface area (Å²) in [5.41, 5.74) is 0.859. The molecule has 3 heterocycles. The Morgan fingerprint density at radius 3 is 2.67 bits per heavy atom. The zero-order valence-corrected chi connectivity index (χ0v) is 25.9. The molecular formula is C34H37F3N6O2. The van der Waals surface area contributed by atoms with Crippen LogP contribution in [0.5, 0.6) is 0 Å². The van der Waals surface area contributed by atoms with Crippen LogP contribution in [0.3, 0.4) is 0 Å². The molecule has 1 aliphatic carbocycles. The quantitative estimate of drug-likeness (QED) is 0.367. The molecule has 2 aromatic carbocycles. The lowest BCUT2D eigenvalue weighted by Crippen LogP contribution is -2.43. The molecule has 2 aliphatic heterocycles. The highest BCUT2D eigenvalue weighted by molar-refractivity contribution is 6.10. The molecule has 3 aromatic rings. The number of likely N-dealkylation sites (tertiary alicyclic amines) is 1. The average Bonchev–Trinajstić information content (AvgIpc) is 3.72. The SMILES string of the molecule is CC#CC(=O)N1CC[C@@H](CN[C@@H](C)c2cc3c(c(C(F)(F)F)c2)CN(c2cccc(C4(c5nncn5C)CC(C)C4)c2)C3=O)C1. The van der Waals surface area contributed by atoms with Crippen molar-refractivity contribution in [2.75, 3.05) is 24.5 Å². The van der Waals surface area contributed by atoms with Crippen LogP contribution in [-0.2, 0) is 30.0 Å². The van der Waals surface area contributed by atoms with Gasteiger partial charge < -0.3 is 19.7 Å². The van der Waals surface area contributed by atoms with Crippen molar-refractivity contribution in [3.8, 4) is 11.8 Å². The molecule has 1 saturated carbocycles. The Hall–Kier alpha value is -4.17. The van der Waals surface area contributed by atoms with Gasteiger partial charge in [0.15, 0.2) is 0 Å². The standard InChI is InChI=1S/C34H37F3N6O2/c1-5-7-30(44)42-11-10-23(18-42)17-38-22(3)24-12-27-28(29(13-24)34(35,36)37)19-43(31(27)45)26-9-6-8-25(14-26)33(15-21(2)16-33)32-40-39-20-41(32)4/h6,8-9,12-14,20-23,38H,10-11,15-19H2,1-4H3/t21?,22-,23-,33?/m0/s1. The fraction of sp³-hybridized carbons (Fsp3) is 0.471. The van der Waals surface area contributed by atoms with Crippen molar-refractivity contribution in [2.24, 2.45) is 18.9 Å². The van der Waals surface area contributed by atoms with Crippen molar-refractivity contribution in [3.05, 3.63) is 76.4 Å². The number of alkyl halides is 3. The van der Waals surface area contributed by atoms with Crippen molar-refractivity contribution in [1.82, 2.24) is 25.0 Å². The first-order valence-electron chi connectivity index (χ1n) is 15.4. The van der Waals surface area contributed by atoms with Gasteiger partial charge in [-0.15, -0.1) is 10.2 Å². The van der Waals surface area contributed by atoms with Gasteiger partial charge in [-0.2, -0.15) is 13.2 Å². The summed E-state index contributed by atoms with van der Waals surface area (Å²) >= 11 is 0. The average molecular weight is 619 g/mol.